The Morgan fingerprint density at radius 1 is 0.265 bits per heavy atom. The van der Waals surface area contributed by atoms with Gasteiger partial charge >= 0.3 is 0 Å². The third kappa shape index (κ3) is 5.58. The van der Waals surface area contributed by atoms with Crippen molar-refractivity contribution in [2.24, 2.45) is 0 Å². The molecule has 6 aromatic heterocycles. The zero-order valence-electron chi connectivity index (χ0n) is 24.8. The maximum Gasteiger partial charge on any atom is 0.235 e. The van der Waals surface area contributed by atoms with Gasteiger partial charge in [-0.1, -0.05) is 0 Å². The molecule has 0 aliphatic heterocycles. The summed E-state index contributed by atoms with van der Waals surface area (Å²) in [5, 5.41) is 0. The van der Waals surface area contributed by atoms with E-state index in [1.165, 1.54) is 0 Å². The second-order valence-electron chi connectivity index (χ2n) is 10.4. The summed E-state index contributed by atoms with van der Waals surface area (Å²) in [6.07, 6.45) is 9.50. The van der Waals surface area contributed by atoms with Crippen LogP contribution in [0.2, 0.25) is 0 Å². The van der Waals surface area contributed by atoms with Gasteiger partial charge in [0.2, 0.25) is 34.7 Å². The van der Waals surface area contributed by atoms with Crippen LogP contribution in [0.25, 0.3) is 34.2 Å². The van der Waals surface area contributed by atoms with Crippen LogP contribution in [0, 0.1) is 0 Å². The number of fused-ring (bicyclic) bond motifs is 9. The molecule has 0 saturated heterocycles. The van der Waals surface area contributed by atoms with Crippen molar-refractivity contribution in [2.75, 3.05) is 0 Å². The Morgan fingerprint density at radius 2 is 0.408 bits per heavy atom. The molecule has 49 heavy (non-hydrogen) atoms. The van der Waals surface area contributed by atoms with Crippen LogP contribution in [-0.4, -0.2) is 64.6 Å². The summed E-state index contributed by atoms with van der Waals surface area (Å²) < 4.78 is 0. The molecule has 3 aliphatic carbocycles. The molecule has 6 aromatic rings. The van der Waals surface area contributed by atoms with Crippen LogP contribution in [-0.2, 0) is 16.5 Å². The number of nitrogens with zero attached hydrogens (tertiary/aromatic N) is 6. The average Bonchev–Trinajstić information content (AvgIpc) is 3.15. The van der Waals surface area contributed by atoms with E-state index in [0.29, 0.717) is 67.5 Å². The van der Waals surface area contributed by atoms with E-state index in [4.69, 9.17) is 0 Å². The fourth-order valence-electron chi connectivity index (χ4n) is 5.40. The summed E-state index contributed by atoms with van der Waals surface area (Å²) in [6, 6.07) is 19.4. The number of ketones is 6. The molecule has 13 heteroatoms. The van der Waals surface area contributed by atoms with E-state index in [1.54, 1.807) is 110 Å². The Kier molecular flexibility index (Phi) is 8.76. The Hall–Kier alpha value is -6.59. The third-order valence-electron chi connectivity index (χ3n) is 7.61. The van der Waals surface area contributed by atoms with Crippen molar-refractivity contribution in [3.05, 3.63) is 143 Å². The van der Waals surface area contributed by atoms with Crippen LogP contribution < -0.4 is 0 Å². The molecule has 0 bridgehead atoms. The minimum Gasteiger partial charge on any atom is -0.285 e. The van der Waals surface area contributed by atoms with E-state index in [1.807, 2.05) is 0 Å². The Bertz CT molecular complexity index is 1960. The second-order valence-corrected chi connectivity index (χ2v) is 10.4. The molecule has 0 spiro atoms. The SMILES string of the molecule is O=C1C(=O)c2cccnc2-c2ncccc21.O=C1C(=O)c2cccnc2-c2ncccc21.O=C1C(=O)c2cccnc2-c2ncccc21.[Ni]. The van der Waals surface area contributed by atoms with Crippen molar-refractivity contribution in [2.45, 2.75) is 0 Å². The predicted molar refractivity (Wildman–Crippen MR) is 168 cm³/mol. The van der Waals surface area contributed by atoms with Crippen molar-refractivity contribution in [3.63, 3.8) is 0 Å². The Morgan fingerprint density at radius 3 is 0.551 bits per heavy atom. The van der Waals surface area contributed by atoms with E-state index in [-0.39, 0.29) is 16.5 Å². The molecular weight excluding hydrogens is 671 g/mol. The molecule has 9 rings (SSSR count). The van der Waals surface area contributed by atoms with Gasteiger partial charge in [0.05, 0.1) is 33.4 Å². The molecule has 0 unspecified atom stereocenters. The topological polar surface area (TPSA) is 180 Å². The number of hydrogen-bond acceptors (Lipinski definition) is 12. The van der Waals surface area contributed by atoms with E-state index < -0.39 is 34.7 Å². The van der Waals surface area contributed by atoms with Gasteiger partial charge in [-0.3, -0.25) is 58.7 Å². The van der Waals surface area contributed by atoms with Crippen LogP contribution >= 0.6 is 0 Å². The fraction of sp³-hybridized carbons (Fsp3) is 0. The number of rotatable bonds is 0. The van der Waals surface area contributed by atoms with E-state index >= 15 is 0 Å². The van der Waals surface area contributed by atoms with Crippen molar-refractivity contribution < 1.29 is 45.3 Å². The number of hydrogen-bond donors (Lipinski definition) is 0. The van der Waals surface area contributed by atoms with E-state index in [2.05, 4.69) is 29.9 Å². The van der Waals surface area contributed by atoms with E-state index in [9.17, 15) is 28.8 Å². The maximum atomic E-state index is 11.8. The molecule has 0 atom stereocenters. The van der Waals surface area contributed by atoms with Gasteiger partial charge in [0.15, 0.2) is 0 Å². The van der Waals surface area contributed by atoms with Gasteiger partial charge in [-0.15, -0.1) is 0 Å². The van der Waals surface area contributed by atoms with Gasteiger partial charge in [0, 0.05) is 53.7 Å². The summed E-state index contributed by atoms with van der Waals surface area (Å²) >= 11 is 0. The van der Waals surface area contributed by atoms with Gasteiger partial charge in [0.1, 0.15) is 34.2 Å². The summed E-state index contributed by atoms with van der Waals surface area (Å²) in [5.74, 6) is -3.06. The quantitative estimate of drug-likeness (QED) is 0.161. The third-order valence-corrected chi connectivity index (χ3v) is 7.61. The van der Waals surface area contributed by atoms with Crippen molar-refractivity contribution in [1.29, 1.82) is 0 Å². The maximum absolute atomic E-state index is 11.8. The van der Waals surface area contributed by atoms with Crippen molar-refractivity contribution >= 4 is 34.7 Å². The number of aromatic nitrogens is 6. The van der Waals surface area contributed by atoms with Crippen molar-refractivity contribution in [3.8, 4) is 34.2 Å². The van der Waals surface area contributed by atoms with Crippen LogP contribution in [0.3, 0.4) is 0 Å². The largest absolute Gasteiger partial charge is 0.285 e. The first-order chi connectivity index (χ1) is 23.4. The van der Waals surface area contributed by atoms with Gasteiger partial charge in [-0.05, 0) is 72.8 Å². The number of carbonyl (C=O) groups is 6. The summed E-state index contributed by atoms with van der Waals surface area (Å²) in [4.78, 5) is 95.2. The van der Waals surface area contributed by atoms with Gasteiger partial charge in [-0.2, -0.15) is 0 Å². The first-order valence-electron chi connectivity index (χ1n) is 14.3. The summed E-state index contributed by atoms with van der Waals surface area (Å²) in [7, 11) is 0. The molecule has 238 valence electrons. The average molecular weight is 689 g/mol. The molecule has 6 heterocycles. The minimum absolute atomic E-state index is 0. The zero-order chi connectivity index (χ0) is 33.4. The number of pyridine rings is 6. The number of Topliss-reactive ketones (excluding diaryl/α,β-unsaturated/α-hetero) is 6. The monoisotopic (exact) mass is 688 g/mol. The standard InChI is InChI=1S/3C12H6N2O2.Ni/c3*15-11-7-3-1-5-13-9(7)10-8(12(11)16)4-2-6-14-10;/h3*1-6H;. The smallest absolute Gasteiger partial charge is 0.235 e. The Balaban J connectivity index is 0.000000126. The van der Waals surface area contributed by atoms with Gasteiger partial charge in [-0.25, -0.2) is 0 Å². The molecule has 12 nitrogen and oxygen atoms in total. The summed E-state index contributed by atoms with van der Waals surface area (Å²) in [5.41, 5.74) is 4.92. The minimum atomic E-state index is -0.511. The molecular formula is C36H18N6NiO6. The molecule has 3 aliphatic rings. The second kappa shape index (κ2) is 13.3. The van der Waals surface area contributed by atoms with Crippen LogP contribution in [0.5, 0.6) is 0 Å². The zero-order valence-corrected chi connectivity index (χ0v) is 25.8. The van der Waals surface area contributed by atoms with Crippen molar-refractivity contribution in [1.82, 2.24) is 29.9 Å². The fourth-order valence-corrected chi connectivity index (χ4v) is 5.40. The predicted octanol–water partition coefficient (Wildman–Crippen LogP) is 4.57. The molecule has 0 saturated carbocycles. The molecule has 0 fully saturated rings. The van der Waals surface area contributed by atoms with E-state index in [0.717, 1.165) is 0 Å². The van der Waals surface area contributed by atoms with Gasteiger partial charge in [0.25, 0.3) is 0 Å². The molecule has 0 aromatic carbocycles. The molecule has 0 amide bonds. The first kappa shape index (κ1) is 32.4. The van der Waals surface area contributed by atoms with Crippen LogP contribution in [0.1, 0.15) is 62.1 Å². The molecule has 0 N–H and O–H groups in total. The summed E-state index contributed by atoms with van der Waals surface area (Å²) in [6.45, 7) is 0. The van der Waals surface area contributed by atoms with Crippen LogP contribution in [0.4, 0.5) is 0 Å². The van der Waals surface area contributed by atoms with Crippen LogP contribution in [0.15, 0.2) is 110 Å². The Labute approximate surface area is 286 Å². The normalized spacial score (nSPS) is 13.0. The molecule has 0 radical (unpaired) electrons. The number of carbonyl (C=O) groups excluding carboxylic acids is 6. The van der Waals surface area contributed by atoms with Gasteiger partial charge < -0.3 is 0 Å². The first-order valence-corrected chi connectivity index (χ1v) is 14.3.